The zero-order valence-electron chi connectivity index (χ0n) is 15.3. The van der Waals surface area contributed by atoms with E-state index in [4.69, 9.17) is 0 Å². The summed E-state index contributed by atoms with van der Waals surface area (Å²) in [6.45, 7) is 9.41. The fraction of sp³-hybridized carbons (Fsp3) is 0.478. The minimum absolute atomic E-state index is 0.0153. The second-order valence-corrected chi connectivity index (χ2v) is 9.10. The molecular formula is C23H28O. The Morgan fingerprint density at radius 3 is 1.96 bits per heavy atom. The fourth-order valence-corrected chi connectivity index (χ4v) is 4.79. The van der Waals surface area contributed by atoms with Crippen molar-refractivity contribution in [1.82, 2.24) is 0 Å². The Balaban J connectivity index is 2.01. The summed E-state index contributed by atoms with van der Waals surface area (Å²) in [6, 6.07) is 14.9. The van der Waals surface area contributed by atoms with Crippen LogP contribution in [-0.2, 0) is 16.2 Å². The molecule has 2 aliphatic carbocycles. The Kier molecular flexibility index (Phi) is 3.20. The van der Waals surface area contributed by atoms with Crippen molar-refractivity contribution in [3.05, 3.63) is 64.7 Å². The molecule has 1 N–H and O–H groups in total. The quantitative estimate of drug-likeness (QED) is 0.739. The van der Waals surface area contributed by atoms with E-state index >= 15 is 0 Å². The van der Waals surface area contributed by atoms with Gasteiger partial charge in [-0.25, -0.2) is 0 Å². The number of aromatic hydroxyl groups is 1. The third-order valence-corrected chi connectivity index (χ3v) is 6.52. The second kappa shape index (κ2) is 4.88. The van der Waals surface area contributed by atoms with E-state index < -0.39 is 0 Å². The lowest BCUT2D eigenvalue weighted by Crippen LogP contribution is -2.36. The molecule has 0 heterocycles. The van der Waals surface area contributed by atoms with Gasteiger partial charge in [0.2, 0.25) is 0 Å². The first-order chi connectivity index (χ1) is 11.3. The van der Waals surface area contributed by atoms with Gasteiger partial charge in [0.1, 0.15) is 5.75 Å². The molecule has 126 valence electrons. The van der Waals surface area contributed by atoms with Crippen molar-refractivity contribution in [3.63, 3.8) is 0 Å². The summed E-state index contributed by atoms with van der Waals surface area (Å²) in [5, 5.41) is 10.9. The molecule has 0 aliphatic heterocycles. The molecular weight excluding hydrogens is 292 g/mol. The molecule has 0 spiro atoms. The highest BCUT2D eigenvalue weighted by Crippen LogP contribution is 2.61. The average molecular weight is 320 g/mol. The minimum atomic E-state index is 0.0153. The molecule has 0 amide bonds. The largest absolute Gasteiger partial charge is 0.508 e. The number of rotatable bonds is 2. The Morgan fingerprint density at radius 1 is 0.708 bits per heavy atom. The van der Waals surface area contributed by atoms with Crippen LogP contribution >= 0.6 is 0 Å². The lowest BCUT2D eigenvalue weighted by molar-refractivity contribution is 0.325. The molecule has 4 rings (SSSR count). The standard InChI is InChI=1S/C23H28O/c1-21(2)12-13-22(3,4)19-17(21)10-11-18(24)20(19)23(14-15-23)16-8-6-5-7-9-16/h5-11,24H,12-15H2,1-4H3. The third-order valence-electron chi connectivity index (χ3n) is 6.52. The van der Waals surface area contributed by atoms with E-state index in [1.165, 1.54) is 35.1 Å². The molecule has 1 saturated carbocycles. The highest BCUT2D eigenvalue weighted by molar-refractivity contribution is 5.61. The molecule has 0 radical (unpaired) electrons. The van der Waals surface area contributed by atoms with Crippen LogP contribution in [0.3, 0.4) is 0 Å². The molecule has 2 aromatic carbocycles. The predicted molar refractivity (Wildman–Crippen MR) is 99.8 cm³/mol. The smallest absolute Gasteiger partial charge is 0.119 e. The number of phenols is 1. The Hall–Kier alpha value is -1.76. The van der Waals surface area contributed by atoms with Gasteiger partial charge < -0.3 is 5.11 Å². The molecule has 0 atom stereocenters. The minimum Gasteiger partial charge on any atom is -0.508 e. The summed E-state index contributed by atoms with van der Waals surface area (Å²) < 4.78 is 0. The van der Waals surface area contributed by atoms with Crippen molar-refractivity contribution < 1.29 is 5.11 Å². The van der Waals surface area contributed by atoms with Crippen LogP contribution in [0.25, 0.3) is 0 Å². The van der Waals surface area contributed by atoms with E-state index in [1.54, 1.807) is 0 Å². The van der Waals surface area contributed by atoms with E-state index in [0.29, 0.717) is 5.75 Å². The first kappa shape index (κ1) is 15.7. The zero-order valence-corrected chi connectivity index (χ0v) is 15.3. The first-order valence-electron chi connectivity index (χ1n) is 9.21. The van der Waals surface area contributed by atoms with Crippen molar-refractivity contribution in [3.8, 4) is 5.75 Å². The van der Waals surface area contributed by atoms with E-state index in [1.807, 2.05) is 6.07 Å². The maximum Gasteiger partial charge on any atom is 0.119 e. The van der Waals surface area contributed by atoms with Gasteiger partial charge >= 0.3 is 0 Å². The van der Waals surface area contributed by atoms with Crippen LogP contribution in [-0.4, -0.2) is 5.11 Å². The number of fused-ring (bicyclic) bond motifs is 1. The molecule has 0 aromatic heterocycles. The van der Waals surface area contributed by atoms with Gasteiger partial charge in [-0.05, 0) is 59.3 Å². The molecule has 1 nitrogen and oxygen atoms in total. The van der Waals surface area contributed by atoms with Gasteiger partial charge in [-0.15, -0.1) is 0 Å². The monoisotopic (exact) mass is 320 g/mol. The predicted octanol–water partition coefficient (Wildman–Crippen LogP) is 5.82. The van der Waals surface area contributed by atoms with E-state index in [0.717, 1.165) is 12.8 Å². The van der Waals surface area contributed by atoms with Crippen molar-refractivity contribution in [2.75, 3.05) is 0 Å². The van der Waals surface area contributed by atoms with Gasteiger partial charge in [0, 0.05) is 11.0 Å². The summed E-state index contributed by atoms with van der Waals surface area (Å²) in [5.41, 5.74) is 5.73. The lowest BCUT2D eigenvalue weighted by Gasteiger charge is -2.44. The summed E-state index contributed by atoms with van der Waals surface area (Å²) in [5.74, 6) is 0.487. The molecule has 1 heteroatoms. The fourth-order valence-electron chi connectivity index (χ4n) is 4.79. The van der Waals surface area contributed by atoms with Crippen molar-refractivity contribution in [2.45, 2.75) is 69.6 Å². The number of phenolic OH excluding ortho intramolecular Hbond substituents is 1. The van der Waals surface area contributed by atoms with Crippen molar-refractivity contribution in [2.24, 2.45) is 0 Å². The van der Waals surface area contributed by atoms with Crippen molar-refractivity contribution in [1.29, 1.82) is 0 Å². The molecule has 0 unspecified atom stereocenters. The molecule has 24 heavy (non-hydrogen) atoms. The topological polar surface area (TPSA) is 20.2 Å². The second-order valence-electron chi connectivity index (χ2n) is 9.10. The number of benzene rings is 2. The van der Waals surface area contributed by atoms with Crippen LogP contribution in [0.2, 0.25) is 0 Å². The first-order valence-corrected chi connectivity index (χ1v) is 9.21. The Bertz CT molecular complexity index is 779. The molecule has 1 fully saturated rings. The average Bonchev–Trinajstić information content (AvgIpc) is 3.34. The lowest BCUT2D eigenvalue weighted by atomic mass is 9.60. The van der Waals surface area contributed by atoms with Crippen molar-refractivity contribution >= 4 is 0 Å². The summed E-state index contributed by atoms with van der Waals surface area (Å²) in [4.78, 5) is 0. The van der Waals surface area contributed by atoms with E-state index in [2.05, 4.69) is 64.1 Å². The summed E-state index contributed by atoms with van der Waals surface area (Å²) in [6.07, 6.45) is 4.65. The highest BCUT2D eigenvalue weighted by atomic mass is 16.3. The van der Waals surface area contributed by atoms with Gasteiger partial charge in [0.15, 0.2) is 0 Å². The van der Waals surface area contributed by atoms with Crippen LogP contribution in [0.1, 0.15) is 75.6 Å². The molecule has 2 aliphatic rings. The maximum absolute atomic E-state index is 10.9. The Labute approximate surface area is 145 Å². The highest BCUT2D eigenvalue weighted by Gasteiger charge is 2.52. The SMILES string of the molecule is CC1(C)CCC(C)(C)c2c1ccc(O)c2C1(c2ccccc2)CC1. The van der Waals surface area contributed by atoms with Crippen LogP contribution in [0.15, 0.2) is 42.5 Å². The summed E-state index contributed by atoms with van der Waals surface area (Å²) in [7, 11) is 0. The normalized spacial score (nSPS) is 22.7. The van der Waals surface area contributed by atoms with Gasteiger partial charge in [0.05, 0.1) is 0 Å². The maximum atomic E-state index is 10.9. The van der Waals surface area contributed by atoms with Gasteiger partial charge in [-0.1, -0.05) is 64.1 Å². The van der Waals surface area contributed by atoms with E-state index in [-0.39, 0.29) is 16.2 Å². The number of hydrogen-bond acceptors (Lipinski definition) is 1. The van der Waals surface area contributed by atoms with Gasteiger partial charge in [-0.3, -0.25) is 0 Å². The molecule has 0 saturated heterocycles. The molecule has 2 aromatic rings. The van der Waals surface area contributed by atoms with E-state index in [9.17, 15) is 5.11 Å². The zero-order chi connectivity index (χ0) is 17.2. The van der Waals surface area contributed by atoms with Gasteiger partial charge in [0.25, 0.3) is 0 Å². The van der Waals surface area contributed by atoms with Crippen LogP contribution in [0.4, 0.5) is 0 Å². The van der Waals surface area contributed by atoms with Crippen LogP contribution < -0.4 is 0 Å². The molecule has 0 bridgehead atoms. The number of hydrogen-bond donors (Lipinski definition) is 1. The van der Waals surface area contributed by atoms with Gasteiger partial charge in [-0.2, -0.15) is 0 Å². The summed E-state index contributed by atoms with van der Waals surface area (Å²) >= 11 is 0. The van der Waals surface area contributed by atoms with Crippen LogP contribution in [0.5, 0.6) is 5.75 Å². The van der Waals surface area contributed by atoms with Crippen LogP contribution in [0, 0.1) is 0 Å². The third kappa shape index (κ3) is 2.13. The Morgan fingerprint density at radius 2 is 1.33 bits per heavy atom.